The molecule has 4 rings (SSSR count). The molecule has 34 heavy (non-hydrogen) atoms. The fourth-order valence-corrected chi connectivity index (χ4v) is 5.10. The Kier molecular flexibility index (Phi) is 6.14. The second-order valence-electron chi connectivity index (χ2n) is 10.4. The van der Waals surface area contributed by atoms with Gasteiger partial charge in [-0.05, 0) is 47.4 Å². The molecule has 2 aliphatic rings. The fourth-order valence-electron chi connectivity index (χ4n) is 5.10. The van der Waals surface area contributed by atoms with Crippen LogP contribution in [-0.4, -0.2) is 52.7 Å². The number of amides is 2. The zero-order valence-corrected chi connectivity index (χ0v) is 20.1. The molecule has 2 amide bonds. The standard InChI is InChI=1S/C27H32N2O5/c1-26(2,3)22(23(30)29-15-9-14-27(29,4)24(31)32)28-25(33)34-16-21-19-12-7-5-10-17(19)18-11-6-8-13-20(18)21/h5-8,10-13,21-22H,9,14-16H2,1-4H3,(H,28,33)(H,31,32)/t22?,27-/m1/s1. The van der Waals surface area contributed by atoms with Gasteiger partial charge >= 0.3 is 12.1 Å². The van der Waals surface area contributed by atoms with E-state index in [0.717, 1.165) is 22.3 Å². The number of carboxylic acid groups (broad SMARTS) is 1. The Morgan fingerprint density at radius 3 is 2.18 bits per heavy atom. The van der Waals surface area contributed by atoms with Crippen LogP contribution in [0.25, 0.3) is 11.1 Å². The van der Waals surface area contributed by atoms with Crippen LogP contribution in [0.2, 0.25) is 0 Å². The molecule has 1 aliphatic carbocycles. The number of carbonyl (C=O) groups is 3. The Morgan fingerprint density at radius 2 is 1.65 bits per heavy atom. The minimum absolute atomic E-state index is 0.0872. The Bertz CT molecular complexity index is 1080. The van der Waals surface area contributed by atoms with Crippen molar-refractivity contribution in [2.24, 2.45) is 5.41 Å². The number of carboxylic acids is 1. The van der Waals surface area contributed by atoms with Gasteiger partial charge in [0.25, 0.3) is 0 Å². The quantitative estimate of drug-likeness (QED) is 0.684. The van der Waals surface area contributed by atoms with Gasteiger partial charge in [-0.25, -0.2) is 9.59 Å². The summed E-state index contributed by atoms with van der Waals surface area (Å²) in [4.78, 5) is 39.6. The molecule has 2 aromatic carbocycles. The van der Waals surface area contributed by atoms with Crippen molar-refractivity contribution >= 4 is 18.0 Å². The maximum atomic E-state index is 13.4. The van der Waals surface area contributed by atoms with E-state index in [1.807, 2.05) is 57.2 Å². The normalized spacial score (nSPS) is 20.4. The van der Waals surface area contributed by atoms with Gasteiger partial charge in [0.15, 0.2) is 0 Å². The zero-order valence-electron chi connectivity index (χ0n) is 20.1. The molecule has 0 spiro atoms. The Labute approximate surface area is 200 Å². The maximum Gasteiger partial charge on any atom is 0.407 e. The minimum atomic E-state index is -1.27. The van der Waals surface area contributed by atoms with E-state index in [2.05, 4.69) is 17.4 Å². The van der Waals surface area contributed by atoms with Crippen molar-refractivity contribution in [1.29, 1.82) is 0 Å². The lowest BCUT2D eigenvalue weighted by Gasteiger charge is -2.38. The van der Waals surface area contributed by atoms with Gasteiger partial charge in [-0.2, -0.15) is 0 Å². The summed E-state index contributed by atoms with van der Waals surface area (Å²) in [6.45, 7) is 7.57. The molecule has 180 valence electrons. The summed E-state index contributed by atoms with van der Waals surface area (Å²) in [5, 5.41) is 12.5. The van der Waals surface area contributed by atoms with E-state index in [9.17, 15) is 19.5 Å². The molecular formula is C27H32N2O5. The van der Waals surface area contributed by atoms with Gasteiger partial charge < -0.3 is 20.1 Å². The van der Waals surface area contributed by atoms with Crippen LogP contribution < -0.4 is 5.32 Å². The van der Waals surface area contributed by atoms with Gasteiger partial charge in [0, 0.05) is 12.5 Å². The van der Waals surface area contributed by atoms with Gasteiger partial charge in [-0.15, -0.1) is 0 Å². The highest BCUT2D eigenvalue weighted by molar-refractivity contribution is 5.92. The molecule has 2 atom stereocenters. The maximum absolute atomic E-state index is 13.4. The average molecular weight is 465 g/mol. The number of benzene rings is 2. The van der Waals surface area contributed by atoms with E-state index >= 15 is 0 Å². The van der Waals surface area contributed by atoms with E-state index in [4.69, 9.17) is 4.74 Å². The highest BCUT2D eigenvalue weighted by Crippen LogP contribution is 2.44. The molecule has 0 aromatic heterocycles. The first-order valence-electron chi connectivity index (χ1n) is 11.7. The van der Waals surface area contributed by atoms with Crippen molar-refractivity contribution in [3.8, 4) is 11.1 Å². The van der Waals surface area contributed by atoms with Gasteiger partial charge in [0.2, 0.25) is 5.91 Å². The van der Waals surface area contributed by atoms with Crippen LogP contribution in [-0.2, 0) is 14.3 Å². The molecule has 0 bridgehead atoms. The van der Waals surface area contributed by atoms with E-state index in [1.165, 1.54) is 4.90 Å². The number of hydrogen-bond donors (Lipinski definition) is 2. The predicted octanol–water partition coefficient (Wildman–Crippen LogP) is 4.41. The molecular weight excluding hydrogens is 432 g/mol. The van der Waals surface area contributed by atoms with Crippen LogP contribution in [0.3, 0.4) is 0 Å². The molecule has 0 radical (unpaired) electrons. The Morgan fingerprint density at radius 1 is 1.09 bits per heavy atom. The number of hydrogen-bond acceptors (Lipinski definition) is 4. The number of alkyl carbamates (subject to hydrolysis) is 1. The second-order valence-corrected chi connectivity index (χ2v) is 10.4. The van der Waals surface area contributed by atoms with Crippen molar-refractivity contribution in [2.45, 2.75) is 58.0 Å². The SMILES string of the molecule is CC(C)(C)C(NC(=O)OCC1c2ccccc2-c2ccccc21)C(=O)N1CCC[C@]1(C)C(=O)O. The van der Waals surface area contributed by atoms with Crippen LogP contribution in [0.1, 0.15) is 57.6 Å². The first-order valence-corrected chi connectivity index (χ1v) is 11.7. The molecule has 1 heterocycles. The number of ether oxygens (including phenoxy) is 1. The number of likely N-dealkylation sites (tertiary alicyclic amines) is 1. The van der Waals surface area contributed by atoms with Crippen molar-refractivity contribution in [3.63, 3.8) is 0 Å². The summed E-state index contributed by atoms with van der Waals surface area (Å²) < 4.78 is 5.64. The lowest BCUT2D eigenvalue weighted by atomic mass is 9.85. The lowest BCUT2D eigenvalue weighted by Crippen LogP contribution is -2.60. The summed E-state index contributed by atoms with van der Waals surface area (Å²) in [7, 11) is 0. The molecule has 7 heteroatoms. The number of nitrogens with one attached hydrogen (secondary N) is 1. The largest absolute Gasteiger partial charge is 0.480 e. The molecule has 0 saturated carbocycles. The van der Waals surface area contributed by atoms with Crippen LogP contribution in [0.4, 0.5) is 4.79 Å². The zero-order chi connectivity index (χ0) is 24.7. The first-order chi connectivity index (χ1) is 16.0. The third kappa shape index (κ3) is 4.15. The number of carbonyl (C=O) groups excluding carboxylic acids is 2. The second kappa shape index (κ2) is 8.78. The fraction of sp³-hybridized carbons (Fsp3) is 0.444. The predicted molar refractivity (Wildman–Crippen MR) is 128 cm³/mol. The van der Waals surface area contributed by atoms with Gasteiger partial charge in [-0.3, -0.25) is 4.79 Å². The monoisotopic (exact) mass is 464 g/mol. The van der Waals surface area contributed by atoms with Crippen molar-refractivity contribution in [1.82, 2.24) is 10.2 Å². The summed E-state index contributed by atoms with van der Waals surface area (Å²) in [6.07, 6.45) is 0.304. The van der Waals surface area contributed by atoms with E-state index in [0.29, 0.717) is 19.4 Å². The lowest BCUT2D eigenvalue weighted by molar-refractivity contribution is -0.157. The topological polar surface area (TPSA) is 95.9 Å². The van der Waals surface area contributed by atoms with Gasteiger partial charge in [0.05, 0.1) is 0 Å². The van der Waals surface area contributed by atoms with Gasteiger partial charge in [0.1, 0.15) is 18.2 Å². The molecule has 1 unspecified atom stereocenters. The van der Waals surface area contributed by atoms with Gasteiger partial charge in [-0.1, -0.05) is 69.3 Å². The number of nitrogens with zero attached hydrogens (tertiary/aromatic N) is 1. The number of fused-ring (bicyclic) bond motifs is 3. The third-order valence-corrected chi connectivity index (χ3v) is 7.09. The van der Waals surface area contributed by atoms with Crippen LogP contribution in [0.15, 0.2) is 48.5 Å². The molecule has 1 fully saturated rings. The van der Waals surface area contributed by atoms with Crippen molar-refractivity contribution in [3.05, 3.63) is 59.7 Å². The van der Waals surface area contributed by atoms with E-state index in [1.54, 1.807) is 6.92 Å². The Hall–Kier alpha value is -3.35. The van der Waals surface area contributed by atoms with Crippen molar-refractivity contribution < 1.29 is 24.2 Å². The highest BCUT2D eigenvalue weighted by Gasteiger charge is 2.49. The number of rotatable bonds is 5. The molecule has 1 aliphatic heterocycles. The smallest absolute Gasteiger partial charge is 0.407 e. The van der Waals surface area contributed by atoms with E-state index in [-0.39, 0.29) is 12.5 Å². The summed E-state index contributed by atoms with van der Waals surface area (Å²) in [5.41, 5.74) is 2.57. The average Bonchev–Trinajstić information content (AvgIpc) is 3.34. The summed E-state index contributed by atoms with van der Waals surface area (Å²) in [6, 6.07) is 15.2. The third-order valence-electron chi connectivity index (χ3n) is 7.09. The van der Waals surface area contributed by atoms with Crippen LogP contribution >= 0.6 is 0 Å². The van der Waals surface area contributed by atoms with E-state index < -0.39 is 35.0 Å². The minimum Gasteiger partial charge on any atom is -0.480 e. The molecule has 7 nitrogen and oxygen atoms in total. The molecule has 1 saturated heterocycles. The van der Waals surface area contributed by atoms with Crippen LogP contribution in [0.5, 0.6) is 0 Å². The van der Waals surface area contributed by atoms with Crippen molar-refractivity contribution in [2.75, 3.05) is 13.2 Å². The van der Waals surface area contributed by atoms with Crippen LogP contribution in [0, 0.1) is 5.41 Å². The molecule has 2 N–H and O–H groups in total. The highest BCUT2D eigenvalue weighted by atomic mass is 16.5. The Balaban J connectivity index is 1.49. The summed E-state index contributed by atoms with van der Waals surface area (Å²) >= 11 is 0. The summed E-state index contributed by atoms with van der Waals surface area (Å²) in [5.74, 6) is -1.52. The first kappa shape index (κ1) is 23.8. The molecule has 2 aromatic rings. The number of aliphatic carboxylic acids is 1.